The van der Waals surface area contributed by atoms with Gasteiger partial charge in [-0.05, 0) is 25.1 Å². The highest BCUT2D eigenvalue weighted by Gasteiger charge is 2.19. The molecule has 1 atom stereocenters. The fourth-order valence-electron chi connectivity index (χ4n) is 3.83. The van der Waals surface area contributed by atoms with Gasteiger partial charge in [-0.15, -0.1) is 15.3 Å². The lowest BCUT2D eigenvalue weighted by atomic mass is 10.2. The number of hydrogen-bond acceptors (Lipinski definition) is 10. The van der Waals surface area contributed by atoms with Crippen LogP contribution in [0.3, 0.4) is 0 Å². The first-order valence-corrected chi connectivity index (χ1v) is 11.5. The normalized spacial score (nSPS) is 12.2. The summed E-state index contributed by atoms with van der Waals surface area (Å²) in [5, 5.41) is 21.8. The second-order valence-electron chi connectivity index (χ2n) is 8.38. The average molecular weight is 504 g/mol. The molecule has 0 aliphatic heterocycles. The van der Waals surface area contributed by atoms with E-state index in [0.29, 0.717) is 46.7 Å². The Balaban J connectivity index is 1.40. The van der Waals surface area contributed by atoms with E-state index in [4.69, 9.17) is 18.7 Å². The number of rotatable bonds is 10. The first kappa shape index (κ1) is 24.3. The van der Waals surface area contributed by atoms with Crippen LogP contribution in [0.4, 0.5) is 0 Å². The molecule has 1 unspecified atom stereocenters. The molecular weight excluding hydrogens is 478 g/mol. The van der Waals surface area contributed by atoms with E-state index in [-0.39, 0.29) is 25.2 Å². The molecule has 12 heteroatoms. The van der Waals surface area contributed by atoms with Gasteiger partial charge in [-0.1, -0.05) is 23.4 Å². The summed E-state index contributed by atoms with van der Waals surface area (Å²) in [7, 11) is 3.17. The monoisotopic (exact) mass is 503 g/mol. The number of pyridine rings is 1. The molecule has 4 heterocycles. The van der Waals surface area contributed by atoms with E-state index in [2.05, 4.69) is 30.8 Å². The lowest BCUT2D eigenvalue weighted by molar-refractivity contribution is 0.0905. The van der Waals surface area contributed by atoms with Gasteiger partial charge in [0.25, 0.3) is 5.91 Å². The molecule has 0 saturated carbocycles. The van der Waals surface area contributed by atoms with Gasteiger partial charge < -0.3 is 24.1 Å². The van der Waals surface area contributed by atoms with Crippen LogP contribution >= 0.6 is 0 Å². The van der Waals surface area contributed by atoms with Gasteiger partial charge in [0.1, 0.15) is 13.2 Å². The van der Waals surface area contributed by atoms with E-state index >= 15 is 0 Å². The summed E-state index contributed by atoms with van der Waals surface area (Å²) < 4.78 is 23.1. The number of hydrogen-bond donors (Lipinski definition) is 1. The molecule has 1 aromatic carbocycles. The molecule has 12 nitrogen and oxygen atoms in total. The maximum atomic E-state index is 12.4. The Bertz CT molecular complexity index is 1530. The summed E-state index contributed by atoms with van der Waals surface area (Å²) >= 11 is 0. The first-order valence-electron chi connectivity index (χ1n) is 11.5. The predicted molar refractivity (Wildman–Crippen MR) is 132 cm³/mol. The third-order valence-electron chi connectivity index (χ3n) is 5.54. The number of amides is 1. The minimum absolute atomic E-state index is 0.110. The number of nitrogens with zero attached hydrogens (tertiary/aromatic N) is 6. The number of fused-ring (bicyclic) bond motifs is 3. The van der Waals surface area contributed by atoms with Crippen molar-refractivity contribution >= 4 is 22.3 Å². The largest absolute Gasteiger partial charge is 0.470 e. The Labute approximate surface area is 211 Å². The highest BCUT2D eigenvalue weighted by molar-refractivity contribution is 5.97. The standard InChI is InChI=1S/C25H25N7O5/c1-15(12-34-2)27-24(33)16-8-9-17(26-11-16)13-36-25-20-7-5-4-6-19(20)22-28-29-23(32(22)30-25)21-10-18(14-35-3)37-31-21/h4-11,15H,12-14H2,1-3H3,(H,27,33). The molecule has 4 aromatic heterocycles. The number of carbonyl (C=O) groups is 1. The minimum Gasteiger partial charge on any atom is -0.470 e. The van der Waals surface area contributed by atoms with E-state index < -0.39 is 0 Å². The van der Waals surface area contributed by atoms with E-state index in [1.807, 2.05) is 31.2 Å². The molecule has 0 saturated heterocycles. The molecule has 0 spiro atoms. The van der Waals surface area contributed by atoms with Gasteiger partial charge in [0.05, 0.1) is 17.9 Å². The highest BCUT2D eigenvalue weighted by Crippen LogP contribution is 2.29. The number of carbonyl (C=O) groups excluding carboxylic acids is 1. The second kappa shape index (κ2) is 10.7. The first-order chi connectivity index (χ1) is 18.1. The quantitative estimate of drug-likeness (QED) is 0.303. The van der Waals surface area contributed by atoms with Crippen LogP contribution in [0.2, 0.25) is 0 Å². The van der Waals surface area contributed by atoms with Crippen molar-refractivity contribution in [2.45, 2.75) is 26.2 Å². The van der Waals surface area contributed by atoms with Crippen LogP contribution in [0.1, 0.15) is 28.7 Å². The van der Waals surface area contributed by atoms with Crippen LogP contribution in [-0.2, 0) is 22.7 Å². The zero-order chi connectivity index (χ0) is 25.8. The fraction of sp³-hybridized carbons (Fsp3) is 0.280. The van der Waals surface area contributed by atoms with Gasteiger partial charge in [0.2, 0.25) is 11.7 Å². The lowest BCUT2D eigenvalue weighted by Crippen LogP contribution is -2.35. The number of methoxy groups -OCH3 is 2. The summed E-state index contributed by atoms with van der Waals surface area (Å²) in [6.45, 7) is 2.72. The van der Waals surface area contributed by atoms with Crippen molar-refractivity contribution in [3.63, 3.8) is 0 Å². The third-order valence-corrected chi connectivity index (χ3v) is 5.54. The predicted octanol–water partition coefficient (Wildman–Crippen LogP) is 2.82. The molecule has 0 radical (unpaired) electrons. The molecular formula is C25H25N7O5. The topological polar surface area (TPSA) is 139 Å². The van der Waals surface area contributed by atoms with Gasteiger partial charge in [0, 0.05) is 43.3 Å². The van der Waals surface area contributed by atoms with Crippen molar-refractivity contribution in [2.75, 3.05) is 20.8 Å². The second-order valence-corrected chi connectivity index (χ2v) is 8.38. The van der Waals surface area contributed by atoms with Crippen molar-refractivity contribution in [3.8, 4) is 17.4 Å². The number of aromatic nitrogens is 6. The molecule has 5 rings (SSSR count). The molecule has 0 bridgehead atoms. The third kappa shape index (κ3) is 5.10. The summed E-state index contributed by atoms with van der Waals surface area (Å²) in [5.74, 6) is 1.13. The molecule has 0 aliphatic rings. The SMILES string of the molecule is COCc1cc(-c2nnc3c4ccccc4c(OCc4ccc(C(=O)NC(C)COC)cn4)nn23)no1. The summed E-state index contributed by atoms with van der Waals surface area (Å²) in [4.78, 5) is 16.7. The summed E-state index contributed by atoms with van der Waals surface area (Å²) in [6, 6.07) is 12.7. The molecule has 190 valence electrons. The Hall–Kier alpha value is -4.42. The van der Waals surface area contributed by atoms with E-state index in [1.165, 1.54) is 6.20 Å². The van der Waals surface area contributed by atoms with Gasteiger partial charge in [0.15, 0.2) is 17.1 Å². The van der Waals surface area contributed by atoms with Crippen molar-refractivity contribution in [2.24, 2.45) is 0 Å². The maximum Gasteiger partial charge on any atom is 0.253 e. The molecule has 1 N–H and O–H groups in total. The van der Waals surface area contributed by atoms with Crippen LogP contribution in [0, 0.1) is 0 Å². The number of ether oxygens (including phenoxy) is 3. The van der Waals surface area contributed by atoms with E-state index in [1.54, 1.807) is 36.9 Å². The highest BCUT2D eigenvalue weighted by atomic mass is 16.5. The average Bonchev–Trinajstić information content (AvgIpc) is 3.55. The Kier molecular flexibility index (Phi) is 7.01. The van der Waals surface area contributed by atoms with Crippen LogP contribution in [-0.4, -0.2) is 62.7 Å². The van der Waals surface area contributed by atoms with Crippen LogP contribution in [0.25, 0.3) is 27.9 Å². The summed E-state index contributed by atoms with van der Waals surface area (Å²) in [6.07, 6.45) is 1.52. The van der Waals surface area contributed by atoms with Crippen molar-refractivity contribution in [1.29, 1.82) is 0 Å². The Morgan fingerprint density at radius 2 is 1.92 bits per heavy atom. The number of benzene rings is 1. The molecule has 0 aliphatic carbocycles. The van der Waals surface area contributed by atoms with Gasteiger partial charge in [-0.2, -0.15) is 4.52 Å². The van der Waals surface area contributed by atoms with Crippen LogP contribution in [0.15, 0.2) is 53.2 Å². The molecule has 5 aromatic rings. The van der Waals surface area contributed by atoms with Gasteiger partial charge in [-0.3, -0.25) is 9.78 Å². The van der Waals surface area contributed by atoms with Crippen molar-refractivity contribution in [1.82, 2.24) is 35.3 Å². The molecule has 0 fully saturated rings. The zero-order valence-electron chi connectivity index (χ0n) is 20.5. The van der Waals surface area contributed by atoms with Crippen molar-refractivity contribution < 1.29 is 23.5 Å². The lowest BCUT2D eigenvalue weighted by Gasteiger charge is -2.13. The van der Waals surface area contributed by atoms with Crippen LogP contribution in [0.5, 0.6) is 5.88 Å². The van der Waals surface area contributed by atoms with Gasteiger partial charge in [-0.25, -0.2) is 0 Å². The van der Waals surface area contributed by atoms with Crippen molar-refractivity contribution in [3.05, 3.63) is 65.7 Å². The Morgan fingerprint density at radius 3 is 2.68 bits per heavy atom. The zero-order valence-corrected chi connectivity index (χ0v) is 20.5. The van der Waals surface area contributed by atoms with E-state index in [9.17, 15) is 4.79 Å². The Morgan fingerprint density at radius 1 is 1.08 bits per heavy atom. The van der Waals surface area contributed by atoms with E-state index in [0.717, 1.165) is 10.8 Å². The smallest absolute Gasteiger partial charge is 0.253 e. The fourth-order valence-corrected chi connectivity index (χ4v) is 3.83. The van der Waals surface area contributed by atoms with Crippen LogP contribution < -0.4 is 10.1 Å². The maximum absolute atomic E-state index is 12.4. The minimum atomic E-state index is -0.218. The number of nitrogens with one attached hydrogen (secondary N) is 1. The summed E-state index contributed by atoms with van der Waals surface area (Å²) in [5.41, 5.74) is 2.12. The molecule has 1 amide bonds. The van der Waals surface area contributed by atoms with Gasteiger partial charge >= 0.3 is 0 Å². The molecule has 37 heavy (non-hydrogen) atoms.